The summed E-state index contributed by atoms with van der Waals surface area (Å²) in [5.74, 6) is 0.469. The van der Waals surface area contributed by atoms with Crippen molar-refractivity contribution in [2.24, 2.45) is 5.92 Å². The van der Waals surface area contributed by atoms with E-state index in [4.69, 9.17) is 0 Å². The first kappa shape index (κ1) is 12.6. The quantitative estimate of drug-likeness (QED) is 0.776. The third-order valence-electron chi connectivity index (χ3n) is 3.45. The second kappa shape index (κ2) is 5.65. The fourth-order valence-corrected chi connectivity index (χ4v) is 4.51. The van der Waals surface area contributed by atoms with Crippen LogP contribution >= 0.6 is 27.3 Å². The second-order valence-electron chi connectivity index (χ2n) is 4.77. The summed E-state index contributed by atoms with van der Waals surface area (Å²) in [6, 6.07) is 2.11. The minimum Gasteiger partial charge on any atom is -0.387 e. The zero-order chi connectivity index (χ0) is 11.5. The van der Waals surface area contributed by atoms with E-state index in [0.717, 1.165) is 9.35 Å². The lowest BCUT2D eigenvalue weighted by Gasteiger charge is -2.20. The van der Waals surface area contributed by atoms with Gasteiger partial charge in [0.1, 0.15) is 0 Å². The third-order valence-corrected chi connectivity index (χ3v) is 5.49. The van der Waals surface area contributed by atoms with Crippen LogP contribution < -0.4 is 0 Å². The molecule has 1 nitrogen and oxygen atoms in total. The lowest BCUT2D eigenvalue weighted by atomic mass is 9.93. The van der Waals surface area contributed by atoms with Crippen molar-refractivity contribution >= 4 is 27.3 Å². The molecule has 1 atom stereocenters. The van der Waals surface area contributed by atoms with Crippen molar-refractivity contribution in [3.63, 3.8) is 0 Å². The first-order valence-electron chi connectivity index (χ1n) is 6.12. The summed E-state index contributed by atoms with van der Waals surface area (Å²) in [6.45, 7) is 2.10. The van der Waals surface area contributed by atoms with Gasteiger partial charge in [-0.25, -0.2) is 0 Å². The van der Waals surface area contributed by atoms with Gasteiger partial charge in [-0.05, 0) is 47.7 Å². The zero-order valence-corrected chi connectivity index (χ0v) is 12.1. The highest BCUT2D eigenvalue weighted by atomic mass is 79.9. The van der Waals surface area contributed by atoms with Gasteiger partial charge in [-0.3, -0.25) is 0 Å². The largest absolute Gasteiger partial charge is 0.387 e. The minimum absolute atomic E-state index is 0.258. The van der Waals surface area contributed by atoms with Crippen LogP contribution in [0, 0.1) is 12.8 Å². The van der Waals surface area contributed by atoms with Gasteiger partial charge in [-0.2, -0.15) is 0 Å². The predicted octanol–water partition coefficient (Wildman–Crippen LogP) is 4.82. The topological polar surface area (TPSA) is 20.2 Å². The van der Waals surface area contributed by atoms with Crippen molar-refractivity contribution in [1.82, 2.24) is 0 Å². The van der Waals surface area contributed by atoms with Gasteiger partial charge in [0.15, 0.2) is 0 Å². The van der Waals surface area contributed by atoms with Gasteiger partial charge in [-0.15, -0.1) is 11.3 Å². The number of aliphatic hydroxyl groups is 1. The normalized spacial score (nSPS) is 20.7. The summed E-state index contributed by atoms with van der Waals surface area (Å²) in [4.78, 5) is 2.40. The van der Waals surface area contributed by atoms with Gasteiger partial charge in [0.05, 0.1) is 6.10 Å². The smallest absolute Gasteiger partial charge is 0.0921 e. The Morgan fingerprint density at radius 2 is 1.94 bits per heavy atom. The standard InChI is InChI=1S/C13H19BrOS/c1-9-8-11(14)13(16-9)12(15)10-6-4-2-3-5-7-10/h8,10,12,15H,2-7H2,1H3. The third kappa shape index (κ3) is 2.88. The maximum atomic E-state index is 10.4. The van der Waals surface area contributed by atoms with Crippen LogP contribution in [0.1, 0.15) is 54.4 Å². The van der Waals surface area contributed by atoms with Gasteiger partial charge in [0, 0.05) is 14.2 Å². The van der Waals surface area contributed by atoms with Crippen LogP contribution in [0.15, 0.2) is 10.5 Å². The Labute approximate surface area is 110 Å². The Morgan fingerprint density at radius 3 is 2.44 bits per heavy atom. The van der Waals surface area contributed by atoms with Gasteiger partial charge >= 0.3 is 0 Å². The Balaban J connectivity index is 2.10. The van der Waals surface area contributed by atoms with Gasteiger partial charge in [0.2, 0.25) is 0 Å². The van der Waals surface area contributed by atoms with E-state index in [2.05, 4.69) is 28.9 Å². The highest BCUT2D eigenvalue weighted by molar-refractivity contribution is 9.10. The molecular formula is C13H19BrOS. The Kier molecular flexibility index (Phi) is 4.45. The summed E-state index contributed by atoms with van der Waals surface area (Å²) in [5.41, 5.74) is 0. The van der Waals surface area contributed by atoms with Crippen LogP contribution in [0.2, 0.25) is 0 Å². The zero-order valence-electron chi connectivity index (χ0n) is 9.71. The summed E-state index contributed by atoms with van der Waals surface area (Å²) >= 11 is 5.28. The van der Waals surface area contributed by atoms with Crippen LogP contribution in [0.25, 0.3) is 0 Å². The van der Waals surface area contributed by atoms with Crippen molar-refractivity contribution in [3.8, 4) is 0 Å². The number of aryl methyl sites for hydroxylation is 1. The van der Waals surface area contributed by atoms with Crippen LogP contribution in [-0.2, 0) is 0 Å². The summed E-state index contributed by atoms with van der Waals surface area (Å²) in [6.07, 6.45) is 7.36. The molecule has 2 rings (SSSR count). The molecule has 1 aromatic rings. The number of rotatable bonds is 2. The predicted molar refractivity (Wildman–Crippen MR) is 72.9 cm³/mol. The molecule has 1 aliphatic rings. The van der Waals surface area contributed by atoms with Gasteiger partial charge in [-0.1, -0.05) is 25.7 Å². The fourth-order valence-electron chi connectivity index (χ4n) is 2.54. The number of halogens is 1. The van der Waals surface area contributed by atoms with Crippen LogP contribution in [0.5, 0.6) is 0 Å². The average molecular weight is 303 g/mol. The van der Waals surface area contributed by atoms with Crippen LogP contribution in [0.4, 0.5) is 0 Å². The van der Waals surface area contributed by atoms with Crippen molar-refractivity contribution in [1.29, 1.82) is 0 Å². The molecule has 90 valence electrons. The molecule has 0 aliphatic heterocycles. The molecule has 3 heteroatoms. The van der Waals surface area contributed by atoms with E-state index in [1.165, 1.54) is 43.4 Å². The summed E-state index contributed by atoms with van der Waals surface area (Å²) < 4.78 is 1.09. The molecule has 0 radical (unpaired) electrons. The monoisotopic (exact) mass is 302 g/mol. The van der Waals surface area contributed by atoms with E-state index in [1.807, 2.05) is 0 Å². The lowest BCUT2D eigenvalue weighted by molar-refractivity contribution is 0.101. The molecule has 0 amide bonds. The highest BCUT2D eigenvalue weighted by Crippen LogP contribution is 2.40. The van der Waals surface area contributed by atoms with E-state index >= 15 is 0 Å². The van der Waals surface area contributed by atoms with Crippen molar-refractivity contribution < 1.29 is 5.11 Å². The van der Waals surface area contributed by atoms with Crippen molar-refractivity contribution in [3.05, 3.63) is 20.3 Å². The average Bonchev–Trinajstić information content (AvgIpc) is 2.49. The van der Waals surface area contributed by atoms with Gasteiger partial charge in [0.25, 0.3) is 0 Å². The van der Waals surface area contributed by atoms with E-state index < -0.39 is 0 Å². The first-order valence-corrected chi connectivity index (χ1v) is 7.73. The molecule has 0 saturated heterocycles. The Bertz CT molecular complexity index is 340. The van der Waals surface area contributed by atoms with Crippen LogP contribution in [-0.4, -0.2) is 5.11 Å². The van der Waals surface area contributed by atoms with E-state index in [0.29, 0.717) is 5.92 Å². The molecule has 16 heavy (non-hydrogen) atoms. The molecule has 1 heterocycles. The Hall–Kier alpha value is 0.140. The number of aliphatic hydroxyl groups excluding tert-OH is 1. The van der Waals surface area contributed by atoms with Crippen molar-refractivity contribution in [2.45, 2.75) is 51.6 Å². The molecule has 0 aromatic carbocycles. The summed E-state index contributed by atoms with van der Waals surface area (Å²) in [5, 5.41) is 10.4. The van der Waals surface area contributed by atoms with Crippen molar-refractivity contribution in [2.75, 3.05) is 0 Å². The number of thiophene rings is 1. The Morgan fingerprint density at radius 1 is 1.31 bits per heavy atom. The summed E-state index contributed by atoms with van der Waals surface area (Å²) in [7, 11) is 0. The van der Waals surface area contributed by atoms with E-state index in [1.54, 1.807) is 11.3 Å². The van der Waals surface area contributed by atoms with Crippen LogP contribution in [0.3, 0.4) is 0 Å². The molecular weight excluding hydrogens is 284 g/mol. The molecule has 1 aromatic heterocycles. The highest BCUT2D eigenvalue weighted by Gasteiger charge is 2.25. The molecule has 0 spiro atoms. The first-order chi connectivity index (χ1) is 7.68. The molecule has 1 fully saturated rings. The second-order valence-corrected chi connectivity index (χ2v) is 6.91. The van der Waals surface area contributed by atoms with E-state index in [9.17, 15) is 5.11 Å². The molecule has 1 aliphatic carbocycles. The van der Waals surface area contributed by atoms with E-state index in [-0.39, 0.29) is 6.10 Å². The fraction of sp³-hybridized carbons (Fsp3) is 0.692. The maximum absolute atomic E-state index is 10.4. The molecule has 1 saturated carbocycles. The number of hydrogen-bond acceptors (Lipinski definition) is 2. The number of hydrogen-bond donors (Lipinski definition) is 1. The van der Waals surface area contributed by atoms with Gasteiger partial charge < -0.3 is 5.11 Å². The molecule has 0 bridgehead atoms. The molecule has 1 N–H and O–H groups in total. The SMILES string of the molecule is Cc1cc(Br)c(C(O)C2CCCCCC2)s1. The molecule has 1 unspecified atom stereocenters. The lowest BCUT2D eigenvalue weighted by Crippen LogP contribution is -2.11. The minimum atomic E-state index is -0.258. The maximum Gasteiger partial charge on any atom is 0.0921 e.